The van der Waals surface area contributed by atoms with Crippen LogP contribution in [0.2, 0.25) is 0 Å². The smallest absolute Gasteiger partial charge is 0.0721 e. The Balaban J connectivity index is 1.79. The van der Waals surface area contributed by atoms with Crippen LogP contribution in [0.25, 0.3) is 0 Å². The van der Waals surface area contributed by atoms with E-state index in [1.165, 1.54) is 5.56 Å². The highest BCUT2D eigenvalue weighted by Crippen LogP contribution is 2.22. The van der Waals surface area contributed by atoms with Gasteiger partial charge < -0.3 is 9.84 Å². The van der Waals surface area contributed by atoms with E-state index in [1.807, 2.05) is 12.1 Å². The fourth-order valence-corrected chi connectivity index (χ4v) is 2.50. The van der Waals surface area contributed by atoms with Crippen LogP contribution in [0.3, 0.4) is 0 Å². The maximum atomic E-state index is 9.39. The monoisotopic (exact) mass is 284 g/mol. The van der Waals surface area contributed by atoms with Gasteiger partial charge in [-0.05, 0) is 43.4 Å². The van der Waals surface area contributed by atoms with Gasteiger partial charge in [-0.2, -0.15) is 0 Å². The first-order valence-electron chi connectivity index (χ1n) is 5.78. The third-order valence-electron chi connectivity index (χ3n) is 3.02. The molecule has 1 aliphatic carbocycles. The fourth-order valence-electron chi connectivity index (χ4n) is 2.05. The highest BCUT2D eigenvalue weighted by Gasteiger charge is 2.19. The second-order valence-electron chi connectivity index (χ2n) is 4.37. The first-order chi connectivity index (χ1) is 7.74. The van der Waals surface area contributed by atoms with Gasteiger partial charge in [-0.15, -0.1) is 0 Å². The Kier molecular flexibility index (Phi) is 4.38. The van der Waals surface area contributed by atoms with Gasteiger partial charge in [0.15, 0.2) is 0 Å². The normalized spacial score (nSPS) is 25.6. The molecule has 16 heavy (non-hydrogen) atoms. The molecular weight excluding hydrogens is 268 g/mol. The van der Waals surface area contributed by atoms with Crippen LogP contribution in [0.15, 0.2) is 28.7 Å². The lowest BCUT2D eigenvalue weighted by molar-refractivity contribution is -0.0118. The lowest BCUT2D eigenvalue weighted by Crippen LogP contribution is -2.24. The Morgan fingerprint density at radius 3 is 2.69 bits per heavy atom. The Bertz CT molecular complexity index is 332. The van der Waals surface area contributed by atoms with E-state index in [0.29, 0.717) is 12.7 Å². The van der Waals surface area contributed by atoms with Crippen molar-refractivity contribution in [1.82, 2.24) is 0 Å². The van der Waals surface area contributed by atoms with Crippen molar-refractivity contribution in [2.75, 3.05) is 0 Å². The molecule has 0 amide bonds. The molecule has 0 spiro atoms. The van der Waals surface area contributed by atoms with Gasteiger partial charge in [0, 0.05) is 4.47 Å². The topological polar surface area (TPSA) is 29.5 Å². The molecule has 1 aromatic rings. The zero-order valence-electron chi connectivity index (χ0n) is 9.23. The van der Waals surface area contributed by atoms with E-state index in [-0.39, 0.29) is 6.10 Å². The minimum absolute atomic E-state index is 0.106. The van der Waals surface area contributed by atoms with Crippen LogP contribution in [0.4, 0.5) is 0 Å². The average Bonchev–Trinajstić information content (AvgIpc) is 2.28. The molecule has 0 heterocycles. The Morgan fingerprint density at radius 1 is 1.25 bits per heavy atom. The lowest BCUT2D eigenvalue weighted by atomic mass is 9.95. The standard InChI is InChI=1S/C13H17BrO2/c14-11-3-1-2-10(8-11)9-16-13-6-4-12(15)5-7-13/h1-3,8,12-13,15H,4-7,9H2. The summed E-state index contributed by atoms with van der Waals surface area (Å²) in [4.78, 5) is 0. The summed E-state index contributed by atoms with van der Waals surface area (Å²) in [6, 6.07) is 8.19. The number of benzene rings is 1. The quantitative estimate of drug-likeness (QED) is 0.923. The zero-order chi connectivity index (χ0) is 11.4. The molecule has 0 saturated heterocycles. The van der Waals surface area contributed by atoms with Crippen molar-refractivity contribution >= 4 is 15.9 Å². The molecule has 3 heteroatoms. The number of aliphatic hydroxyl groups is 1. The van der Waals surface area contributed by atoms with Crippen LogP contribution < -0.4 is 0 Å². The summed E-state index contributed by atoms with van der Waals surface area (Å²) in [7, 11) is 0. The summed E-state index contributed by atoms with van der Waals surface area (Å²) in [6.07, 6.45) is 3.93. The summed E-state index contributed by atoms with van der Waals surface area (Å²) < 4.78 is 6.93. The molecule has 0 bridgehead atoms. The second kappa shape index (κ2) is 5.80. The maximum absolute atomic E-state index is 9.39. The third kappa shape index (κ3) is 3.58. The molecule has 1 saturated carbocycles. The lowest BCUT2D eigenvalue weighted by Gasteiger charge is -2.25. The number of ether oxygens (including phenoxy) is 1. The fraction of sp³-hybridized carbons (Fsp3) is 0.538. The van der Waals surface area contributed by atoms with E-state index < -0.39 is 0 Å². The average molecular weight is 285 g/mol. The Morgan fingerprint density at radius 2 is 2.00 bits per heavy atom. The molecule has 88 valence electrons. The van der Waals surface area contributed by atoms with E-state index in [1.54, 1.807) is 0 Å². The number of hydrogen-bond acceptors (Lipinski definition) is 2. The maximum Gasteiger partial charge on any atom is 0.0721 e. The van der Waals surface area contributed by atoms with Gasteiger partial charge in [0.2, 0.25) is 0 Å². The van der Waals surface area contributed by atoms with Crippen molar-refractivity contribution in [2.24, 2.45) is 0 Å². The number of hydrogen-bond donors (Lipinski definition) is 1. The zero-order valence-corrected chi connectivity index (χ0v) is 10.8. The van der Waals surface area contributed by atoms with Gasteiger partial charge in [0.05, 0.1) is 18.8 Å². The van der Waals surface area contributed by atoms with Crippen molar-refractivity contribution in [2.45, 2.75) is 44.5 Å². The van der Waals surface area contributed by atoms with Gasteiger partial charge >= 0.3 is 0 Å². The van der Waals surface area contributed by atoms with E-state index in [2.05, 4.69) is 28.1 Å². The summed E-state index contributed by atoms with van der Waals surface area (Å²) in [6.45, 7) is 0.667. The van der Waals surface area contributed by atoms with E-state index >= 15 is 0 Å². The summed E-state index contributed by atoms with van der Waals surface area (Å²) in [5.74, 6) is 0. The third-order valence-corrected chi connectivity index (χ3v) is 3.51. The van der Waals surface area contributed by atoms with Crippen LogP contribution in [0.1, 0.15) is 31.2 Å². The Hall–Kier alpha value is -0.380. The van der Waals surface area contributed by atoms with Gasteiger partial charge in [0.25, 0.3) is 0 Å². The van der Waals surface area contributed by atoms with Crippen molar-refractivity contribution in [3.8, 4) is 0 Å². The van der Waals surface area contributed by atoms with E-state index in [9.17, 15) is 5.11 Å². The van der Waals surface area contributed by atoms with Gasteiger partial charge in [-0.3, -0.25) is 0 Å². The van der Waals surface area contributed by atoms with Gasteiger partial charge in [-0.1, -0.05) is 28.1 Å². The van der Waals surface area contributed by atoms with Crippen LogP contribution in [0.5, 0.6) is 0 Å². The first-order valence-corrected chi connectivity index (χ1v) is 6.57. The van der Waals surface area contributed by atoms with Crippen molar-refractivity contribution < 1.29 is 9.84 Å². The molecule has 1 aromatic carbocycles. The summed E-state index contributed by atoms with van der Waals surface area (Å²) in [5, 5.41) is 9.39. The van der Waals surface area contributed by atoms with Crippen LogP contribution in [-0.2, 0) is 11.3 Å². The molecule has 2 rings (SSSR count). The summed E-state index contributed by atoms with van der Waals surface area (Å²) >= 11 is 3.45. The molecule has 0 unspecified atom stereocenters. The highest BCUT2D eigenvalue weighted by molar-refractivity contribution is 9.10. The molecule has 0 aliphatic heterocycles. The van der Waals surface area contributed by atoms with Gasteiger partial charge in [0.1, 0.15) is 0 Å². The molecular formula is C13H17BrO2. The molecule has 0 radical (unpaired) electrons. The highest BCUT2D eigenvalue weighted by atomic mass is 79.9. The number of aliphatic hydroxyl groups excluding tert-OH is 1. The van der Waals surface area contributed by atoms with Crippen molar-refractivity contribution in [3.63, 3.8) is 0 Å². The molecule has 0 aromatic heterocycles. The predicted molar refractivity (Wildman–Crippen MR) is 67.2 cm³/mol. The van der Waals surface area contributed by atoms with Crippen molar-refractivity contribution in [3.05, 3.63) is 34.3 Å². The Labute approximate surface area is 105 Å². The van der Waals surface area contributed by atoms with Crippen LogP contribution in [0, 0.1) is 0 Å². The predicted octanol–water partition coefficient (Wildman–Crippen LogP) is 3.27. The molecule has 0 atom stereocenters. The number of rotatable bonds is 3. The SMILES string of the molecule is OC1CCC(OCc2cccc(Br)c2)CC1. The first kappa shape index (κ1) is 12.1. The molecule has 1 N–H and O–H groups in total. The molecule has 1 fully saturated rings. The molecule has 1 aliphatic rings. The van der Waals surface area contributed by atoms with E-state index in [0.717, 1.165) is 30.2 Å². The largest absolute Gasteiger partial charge is 0.393 e. The minimum Gasteiger partial charge on any atom is -0.393 e. The van der Waals surface area contributed by atoms with Crippen LogP contribution >= 0.6 is 15.9 Å². The van der Waals surface area contributed by atoms with Crippen LogP contribution in [-0.4, -0.2) is 17.3 Å². The van der Waals surface area contributed by atoms with Crippen molar-refractivity contribution in [1.29, 1.82) is 0 Å². The second-order valence-corrected chi connectivity index (χ2v) is 5.29. The minimum atomic E-state index is -0.106. The summed E-state index contributed by atoms with van der Waals surface area (Å²) in [5.41, 5.74) is 1.19. The number of halogens is 1. The molecule has 2 nitrogen and oxygen atoms in total. The van der Waals surface area contributed by atoms with E-state index in [4.69, 9.17) is 4.74 Å². The van der Waals surface area contributed by atoms with Gasteiger partial charge in [-0.25, -0.2) is 0 Å².